The van der Waals surface area contributed by atoms with Crippen LogP contribution in [0.5, 0.6) is 0 Å². The Hall–Kier alpha value is -0.210. The Kier molecular flexibility index (Phi) is 4.27. The summed E-state index contributed by atoms with van der Waals surface area (Å²) < 4.78 is 37.7. The van der Waals surface area contributed by atoms with E-state index in [0.29, 0.717) is 12.8 Å². The highest BCUT2D eigenvalue weighted by molar-refractivity contribution is 4.72. The minimum atomic E-state index is -3.97. The van der Waals surface area contributed by atoms with Crippen molar-refractivity contribution in [2.45, 2.75) is 58.0 Å². The van der Waals surface area contributed by atoms with Gasteiger partial charge in [0.2, 0.25) is 0 Å². The Balaban J connectivity index is 2.53. The van der Waals surface area contributed by atoms with Crippen LogP contribution in [0.1, 0.15) is 51.9 Å². The normalized spacial score (nSPS) is 31.7. The van der Waals surface area contributed by atoms with E-state index >= 15 is 0 Å². The summed E-state index contributed by atoms with van der Waals surface area (Å²) >= 11 is 0. The van der Waals surface area contributed by atoms with E-state index in [4.69, 9.17) is 0 Å². The van der Waals surface area contributed by atoms with Crippen molar-refractivity contribution in [3.63, 3.8) is 0 Å². The molecule has 0 aromatic heterocycles. The summed E-state index contributed by atoms with van der Waals surface area (Å²) in [4.78, 5) is 0. The van der Waals surface area contributed by atoms with E-state index in [9.17, 15) is 13.2 Å². The maximum atomic E-state index is 12.6. The van der Waals surface area contributed by atoms with Crippen molar-refractivity contribution in [1.29, 1.82) is 0 Å². The molecule has 0 heterocycles. The van der Waals surface area contributed by atoms with Gasteiger partial charge in [-0.1, -0.05) is 39.0 Å². The Bertz CT molecular complexity index is 162. The van der Waals surface area contributed by atoms with Crippen LogP contribution in [0.25, 0.3) is 0 Å². The zero-order valence-electron chi connectivity index (χ0n) is 8.74. The molecule has 0 spiro atoms. The van der Waals surface area contributed by atoms with Crippen molar-refractivity contribution in [1.82, 2.24) is 0 Å². The fourth-order valence-electron chi connectivity index (χ4n) is 2.26. The van der Waals surface area contributed by atoms with E-state index in [1.54, 1.807) is 0 Å². The lowest BCUT2D eigenvalue weighted by molar-refractivity contribution is -0.180. The third kappa shape index (κ3) is 3.89. The topological polar surface area (TPSA) is 0 Å². The largest absolute Gasteiger partial charge is 0.391 e. The minimum Gasteiger partial charge on any atom is -0.171 e. The van der Waals surface area contributed by atoms with Crippen LogP contribution in [0.2, 0.25) is 0 Å². The van der Waals surface area contributed by atoms with Gasteiger partial charge >= 0.3 is 6.18 Å². The molecule has 1 aliphatic rings. The SMILES string of the molecule is CC1CCCCCCC(C(F)(F)F)C1. The molecule has 0 aliphatic heterocycles. The molecule has 14 heavy (non-hydrogen) atoms. The first kappa shape index (κ1) is 11.9. The van der Waals surface area contributed by atoms with Crippen LogP contribution in [0.15, 0.2) is 0 Å². The fraction of sp³-hybridized carbons (Fsp3) is 1.00. The van der Waals surface area contributed by atoms with Crippen LogP contribution in [0.3, 0.4) is 0 Å². The van der Waals surface area contributed by atoms with E-state index < -0.39 is 12.1 Å². The van der Waals surface area contributed by atoms with E-state index in [1.807, 2.05) is 6.92 Å². The summed E-state index contributed by atoms with van der Waals surface area (Å²) in [5.41, 5.74) is 0. The highest BCUT2D eigenvalue weighted by Crippen LogP contribution is 2.37. The maximum Gasteiger partial charge on any atom is 0.391 e. The third-order valence-electron chi connectivity index (χ3n) is 3.15. The van der Waals surface area contributed by atoms with Gasteiger partial charge in [0.1, 0.15) is 0 Å². The van der Waals surface area contributed by atoms with Gasteiger partial charge in [-0.25, -0.2) is 0 Å². The van der Waals surface area contributed by atoms with Crippen molar-refractivity contribution in [2.75, 3.05) is 0 Å². The van der Waals surface area contributed by atoms with E-state index in [2.05, 4.69) is 0 Å². The highest BCUT2D eigenvalue weighted by Gasteiger charge is 2.39. The molecule has 0 radical (unpaired) electrons. The van der Waals surface area contributed by atoms with Gasteiger partial charge in [0, 0.05) is 0 Å². The quantitative estimate of drug-likeness (QED) is 0.548. The van der Waals surface area contributed by atoms with Gasteiger partial charge in [-0.05, 0) is 18.8 Å². The predicted molar refractivity (Wildman–Crippen MR) is 51.0 cm³/mol. The van der Waals surface area contributed by atoms with Gasteiger partial charge < -0.3 is 0 Å². The molecule has 2 unspecified atom stereocenters. The van der Waals surface area contributed by atoms with Crippen LogP contribution in [-0.2, 0) is 0 Å². The average Bonchev–Trinajstić information content (AvgIpc) is 2.15. The summed E-state index contributed by atoms with van der Waals surface area (Å²) in [6.45, 7) is 1.95. The summed E-state index contributed by atoms with van der Waals surface area (Å²) in [7, 11) is 0. The van der Waals surface area contributed by atoms with Crippen molar-refractivity contribution >= 4 is 0 Å². The number of hydrogen-bond donors (Lipinski definition) is 0. The van der Waals surface area contributed by atoms with Crippen LogP contribution in [0.4, 0.5) is 13.2 Å². The second-order valence-electron chi connectivity index (χ2n) is 4.57. The van der Waals surface area contributed by atoms with Gasteiger partial charge in [0.15, 0.2) is 0 Å². The van der Waals surface area contributed by atoms with Gasteiger partial charge in [-0.3, -0.25) is 0 Å². The van der Waals surface area contributed by atoms with Crippen LogP contribution in [-0.4, -0.2) is 6.18 Å². The molecule has 0 bridgehead atoms. The number of hydrogen-bond acceptors (Lipinski definition) is 0. The predicted octanol–water partition coefficient (Wildman–Crippen LogP) is 4.55. The van der Waals surface area contributed by atoms with Crippen molar-refractivity contribution in [3.8, 4) is 0 Å². The Morgan fingerprint density at radius 3 is 2.07 bits per heavy atom. The first-order chi connectivity index (χ1) is 6.50. The second kappa shape index (κ2) is 5.04. The molecule has 1 aliphatic carbocycles. The minimum absolute atomic E-state index is 0.236. The third-order valence-corrected chi connectivity index (χ3v) is 3.15. The van der Waals surface area contributed by atoms with E-state index in [0.717, 1.165) is 32.1 Å². The van der Waals surface area contributed by atoms with Gasteiger partial charge in [0.05, 0.1) is 5.92 Å². The lowest BCUT2D eigenvalue weighted by Gasteiger charge is -2.22. The van der Waals surface area contributed by atoms with Crippen LogP contribution in [0, 0.1) is 11.8 Å². The first-order valence-electron chi connectivity index (χ1n) is 5.57. The second-order valence-corrected chi connectivity index (χ2v) is 4.57. The molecule has 2 atom stereocenters. The summed E-state index contributed by atoms with van der Waals surface area (Å²) in [5.74, 6) is -0.810. The molecule has 1 saturated carbocycles. The Morgan fingerprint density at radius 2 is 1.50 bits per heavy atom. The van der Waals surface area contributed by atoms with Crippen molar-refractivity contribution in [3.05, 3.63) is 0 Å². The van der Waals surface area contributed by atoms with Gasteiger partial charge in [-0.15, -0.1) is 0 Å². The monoisotopic (exact) mass is 208 g/mol. The molecule has 3 heteroatoms. The molecule has 0 amide bonds. The Labute approximate surface area is 83.9 Å². The molecule has 84 valence electrons. The summed E-state index contributed by atoms with van der Waals surface area (Å²) in [6.07, 6.45) is 1.60. The molecule has 1 rings (SSSR count). The van der Waals surface area contributed by atoms with Crippen molar-refractivity contribution < 1.29 is 13.2 Å². The van der Waals surface area contributed by atoms with Gasteiger partial charge in [-0.2, -0.15) is 13.2 Å². The first-order valence-corrected chi connectivity index (χ1v) is 5.57. The molecular weight excluding hydrogens is 189 g/mol. The average molecular weight is 208 g/mol. The smallest absolute Gasteiger partial charge is 0.171 e. The number of rotatable bonds is 0. The molecule has 0 nitrogen and oxygen atoms in total. The van der Waals surface area contributed by atoms with Gasteiger partial charge in [0.25, 0.3) is 0 Å². The lowest BCUT2D eigenvalue weighted by Crippen LogP contribution is -2.24. The number of halogens is 3. The highest BCUT2D eigenvalue weighted by atomic mass is 19.4. The lowest BCUT2D eigenvalue weighted by atomic mass is 9.90. The molecule has 0 N–H and O–H groups in total. The summed E-state index contributed by atoms with van der Waals surface area (Å²) in [5, 5.41) is 0. The molecular formula is C11H19F3. The maximum absolute atomic E-state index is 12.6. The number of alkyl halides is 3. The van der Waals surface area contributed by atoms with Crippen molar-refractivity contribution in [2.24, 2.45) is 11.8 Å². The molecule has 0 aromatic rings. The van der Waals surface area contributed by atoms with E-state index in [1.165, 1.54) is 0 Å². The zero-order valence-corrected chi connectivity index (χ0v) is 8.74. The van der Waals surface area contributed by atoms with Crippen LogP contribution < -0.4 is 0 Å². The zero-order chi connectivity index (χ0) is 10.6. The Morgan fingerprint density at radius 1 is 0.929 bits per heavy atom. The summed E-state index contributed by atoms with van der Waals surface area (Å²) in [6, 6.07) is 0. The fourth-order valence-corrected chi connectivity index (χ4v) is 2.26. The van der Waals surface area contributed by atoms with E-state index in [-0.39, 0.29) is 5.92 Å². The molecule has 1 fully saturated rings. The standard InChI is InChI=1S/C11H19F3/c1-9-6-4-2-3-5-7-10(8-9)11(12,13)14/h9-10H,2-8H2,1H3. The molecule has 0 aromatic carbocycles. The molecule has 0 saturated heterocycles. The van der Waals surface area contributed by atoms with Crippen LogP contribution >= 0.6 is 0 Å².